The molecule has 0 bridgehead atoms. The number of hydrogen-bond donors (Lipinski definition) is 0. The van der Waals surface area contributed by atoms with E-state index in [1.54, 1.807) is 6.07 Å². The maximum absolute atomic E-state index is 11.6. The van der Waals surface area contributed by atoms with E-state index in [0.29, 0.717) is 18.6 Å². The Bertz CT molecular complexity index is 578. The molecule has 2 aromatic carbocycles. The Hall–Kier alpha value is -1.61. The van der Waals surface area contributed by atoms with E-state index in [9.17, 15) is 4.79 Å². The van der Waals surface area contributed by atoms with Crippen LogP contribution in [-0.4, -0.2) is 5.78 Å². The molecule has 0 aliphatic heterocycles. The largest absolute Gasteiger partial charge is 0.489 e. The van der Waals surface area contributed by atoms with Crippen LogP contribution in [0.1, 0.15) is 29.3 Å². The van der Waals surface area contributed by atoms with Crippen LogP contribution in [0.2, 0.25) is 0 Å². The number of rotatable bonds is 5. The molecular weight excluding hydrogens is 304 g/mol. The van der Waals surface area contributed by atoms with Crippen molar-refractivity contribution >= 4 is 21.7 Å². The topological polar surface area (TPSA) is 26.3 Å². The van der Waals surface area contributed by atoms with Crippen molar-refractivity contribution < 1.29 is 9.53 Å². The summed E-state index contributed by atoms with van der Waals surface area (Å²) in [6, 6.07) is 15.3. The van der Waals surface area contributed by atoms with Gasteiger partial charge in [0.2, 0.25) is 0 Å². The van der Waals surface area contributed by atoms with E-state index >= 15 is 0 Å². The molecule has 0 fully saturated rings. The van der Waals surface area contributed by atoms with Gasteiger partial charge in [-0.15, -0.1) is 0 Å². The summed E-state index contributed by atoms with van der Waals surface area (Å²) in [4.78, 5) is 11.6. The van der Waals surface area contributed by atoms with Gasteiger partial charge in [0.15, 0.2) is 5.78 Å². The number of carbonyl (C=O) groups excluding carboxylic acids is 1. The lowest BCUT2D eigenvalue weighted by Crippen LogP contribution is -1.99. The van der Waals surface area contributed by atoms with E-state index in [-0.39, 0.29) is 5.78 Å². The van der Waals surface area contributed by atoms with Crippen LogP contribution < -0.4 is 4.74 Å². The second kappa shape index (κ2) is 6.53. The van der Waals surface area contributed by atoms with Crippen molar-refractivity contribution in [3.05, 3.63) is 64.1 Å². The zero-order chi connectivity index (χ0) is 13.7. The predicted octanol–water partition coefficient (Wildman–Crippen LogP) is 4.62. The summed E-state index contributed by atoms with van der Waals surface area (Å²) in [6.45, 7) is 2.35. The number of hydrogen-bond acceptors (Lipinski definition) is 2. The normalized spacial score (nSPS) is 10.2. The van der Waals surface area contributed by atoms with E-state index < -0.39 is 0 Å². The van der Waals surface area contributed by atoms with Gasteiger partial charge in [-0.1, -0.05) is 47.1 Å². The molecule has 2 nitrogen and oxygen atoms in total. The van der Waals surface area contributed by atoms with Gasteiger partial charge in [0.05, 0.1) is 0 Å². The molecule has 98 valence electrons. The third kappa shape index (κ3) is 3.93. The number of Topliss-reactive ketones (excluding diaryl/α,β-unsaturated/α-hetero) is 1. The minimum Gasteiger partial charge on any atom is -0.489 e. The lowest BCUT2D eigenvalue weighted by Gasteiger charge is -2.08. The van der Waals surface area contributed by atoms with Crippen LogP contribution in [0.15, 0.2) is 53.0 Å². The van der Waals surface area contributed by atoms with Crippen molar-refractivity contribution in [2.24, 2.45) is 0 Å². The highest BCUT2D eigenvalue weighted by molar-refractivity contribution is 9.10. The molecule has 0 saturated heterocycles. The third-order valence-corrected chi connectivity index (χ3v) is 3.26. The van der Waals surface area contributed by atoms with Crippen molar-refractivity contribution in [3.8, 4) is 5.75 Å². The maximum Gasteiger partial charge on any atom is 0.162 e. The molecule has 0 amide bonds. The van der Waals surface area contributed by atoms with Gasteiger partial charge >= 0.3 is 0 Å². The molecule has 0 radical (unpaired) electrons. The molecule has 0 spiro atoms. The van der Waals surface area contributed by atoms with Gasteiger partial charge < -0.3 is 4.74 Å². The van der Waals surface area contributed by atoms with E-state index in [0.717, 1.165) is 15.8 Å². The number of carbonyl (C=O) groups is 1. The Labute approximate surface area is 121 Å². The first-order valence-corrected chi connectivity index (χ1v) is 6.99. The minimum absolute atomic E-state index is 0.132. The lowest BCUT2D eigenvalue weighted by atomic mass is 10.1. The quantitative estimate of drug-likeness (QED) is 0.752. The SMILES string of the molecule is CCC(=O)c1cccc(OCc2cccc(Br)c2)c1. The van der Waals surface area contributed by atoms with Crippen LogP contribution >= 0.6 is 15.9 Å². The Kier molecular flexibility index (Phi) is 4.74. The summed E-state index contributed by atoms with van der Waals surface area (Å²) >= 11 is 3.43. The first-order chi connectivity index (χ1) is 9.19. The number of ether oxygens (including phenoxy) is 1. The molecule has 19 heavy (non-hydrogen) atoms. The van der Waals surface area contributed by atoms with Gasteiger partial charge in [0.25, 0.3) is 0 Å². The first-order valence-electron chi connectivity index (χ1n) is 6.19. The Morgan fingerprint density at radius 3 is 2.68 bits per heavy atom. The smallest absolute Gasteiger partial charge is 0.162 e. The maximum atomic E-state index is 11.6. The van der Waals surface area contributed by atoms with Gasteiger partial charge in [0.1, 0.15) is 12.4 Å². The molecule has 0 unspecified atom stereocenters. The van der Waals surface area contributed by atoms with E-state index in [4.69, 9.17) is 4.74 Å². The van der Waals surface area contributed by atoms with E-state index in [1.807, 2.05) is 49.4 Å². The standard InChI is InChI=1S/C16H15BrO2/c1-2-16(18)13-6-4-8-15(10-13)19-11-12-5-3-7-14(17)9-12/h3-10H,2,11H2,1H3. The lowest BCUT2D eigenvalue weighted by molar-refractivity contribution is 0.0987. The Morgan fingerprint density at radius 2 is 1.95 bits per heavy atom. The van der Waals surface area contributed by atoms with Crippen molar-refractivity contribution in [1.82, 2.24) is 0 Å². The van der Waals surface area contributed by atoms with Crippen LogP contribution in [0.5, 0.6) is 5.75 Å². The van der Waals surface area contributed by atoms with E-state index in [1.165, 1.54) is 0 Å². The first kappa shape index (κ1) is 13.8. The van der Waals surface area contributed by atoms with Crippen molar-refractivity contribution in [2.45, 2.75) is 20.0 Å². The molecule has 0 N–H and O–H groups in total. The van der Waals surface area contributed by atoms with Gasteiger partial charge in [-0.25, -0.2) is 0 Å². The minimum atomic E-state index is 0.132. The number of halogens is 1. The average Bonchev–Trinajstić information content (AvgIpc) is 2.45. The summed E-state index contributed by atoms with van der Waals surface area (Å²) in [6.07, 6.45) is 0.509. The molecule has 2 rings (SSSR count). The molecule has 0 atom stereocenters. The summed E-state index contributed by atoms with van der Waals surface area (Å²) in [5, 5.41) is 0. The molecule has 0 saturated carbocycles. The molecule has 0 aromatic heterocycles. The zero-order valence-corrected chi connectivity index (χ0v) is 12.3. The van der Waals surface area contributed by atoms with Crippen LogP contribution in [-0.2, 0) is 6.61 Å². The predicted molar refractivity (Wildman–Crippen MR) is 79.5 cm³/mol. The highest BCUT2D eigenvalue weighted by Gasteiger charge is 2.04. The second-order valence-corrected chi connectivity index (χ2v) is 5.14. The van der Waals surface area contributed by atoms with Gasteiger partial charge in [-0.2, -0.15) is 0 Å². The highest BCUT2D eigenvalue weighted by Crippen LogP contribution is 2.18. The van der Waals surface area contributed by atoms with Crippen LogP contribution in [0.25, 0.3) is 0 Å². The van der Waals surface area contributed by atoms with Crippen LogP contribution in [0.4, 0.5) is 0 Å². The fraction of sp³-hybridized carbons (Fsp3) is 0.188. The fourth-order valence-corrected chi connectivity index (χ4v) is 2.20. The molecule has 0 aliphatic rings. The third-order valence-electron chi connectivity index (χ3n) is 2.77. The molecular formula is C16H15BrO2. The summed E-state index contributed by atoms with van der Waals surface area (Å²) < 4.78 is 6.74. The zero-order valence-electron chi connectivity index (χ0n) is 10.7. The van der Waals surface area contributed by atoms with Gasteiger partial charge in [-0.05, 0) is 29.8 Å². The van der Waals surface area contributed by atoms with Crippen LogP contribution in [0, 0.1) is 0 Å². The van der Waals surface area contributed by atoms with Crippen molar-refractivity contribution in [3.63, 3.8) is 0 Å². The van der Waals surface area contributed by atoms with Gasteiger partial charge in [-0.3, -0.25) is 4.79 Å². The van der Waals surface area contributed by atoms with Gasteiger partial charge in [0, 0.05) is 16.5 Å². The average molecular weight is 319 g/mol. The number of ketones is 1. The summed E-state index contributed by atoms with van der Waals surface area (Å²) in [5.74, 6) is 0.854. The molecule has 2 aromatic rings. The monoisotopic (exact) mass is 318 g/mol. The molecule has 0 heterocycles. The summed E-state index contributed by atoms with van der Waals surface area (Å²) in [7, 11) is 0. The summed E-state index contributed by atoms with van der Waals surface area (Å²) in [5.41, 5.74) is 1.79. The number of benzene rings is 2. The molecule has 3 heteroatoms. The van der Waals surface area contributed by atoms with Crippen molar-refractivity contribution in [1.29, 1.82) is 0 Å². The highest BCUT2D eigenvalue weighted by atomic mass is 79.9. The van der Waals surface area contributed by atoms with E-state index in [2.05, 4.69) is 15.9 Å². The Balaban J connectivity index is 2.05. The second-order valence-electron chi connectivity index (χ2n) is 4.22. The van der Waals surface area contributed by atoms with Crippen LogP contribution in [0.3, 0.4) is 0 Å². The molecule has 0 aliphatic carbocycles. The fourth-order valence-electron chi connectivity index (χ4n) is 1.76. The Morgan fingerprint density at radius 1 is 1.16 bits per heavy atom. The van der Waals surface area contributed by atoms with Crippen molar-refractivity contribution in [2.75, 3.05) is 0 Å².